The first kappa shape index (κ1) is 28.4. The van der Waals surface area contributed by atoms with Crippen molar-refractivity contribution >= 4 is 22.7 Å². The number of fused-ring (bicyclic) bond motifs is 1. The lowest BCUT2D eigenvalue weighted by molar-refractivity contribution is -0.143. The number of nitrogens with one attached hydrogen (secondary N) is 2. The summed E-state index contributed by atoms with van der Waals surface area (Å²) in [4.78, 5) is 32.1. The average molecular weight is 556 g/mol. The van der Waals surface area contributed by atoms with Gasteiger partial charge >= 0.3 is 12.4 Å². The molecule has 0 radical (unpaired) electrons. The summed E-state index contributed by atoms with van der Waals surface area (Å²) in [7, 11) is 3.30. The number of halogens is 6. The highest BCUT2D eigenvalue weighted by molar-refractivity contribution is 5.95. The monoisotopic (exact) mass is 555 g/mol. The van der Waals surface area contributed by atoms with Crippen molar-refractivity contribution in [2.75, 3.05) is 40.3 Å². The van der Waals surface area contributed by atoms with Crippen LogP contribution >= 0.6 is 0 Å². The van der Waals surface area contributed by atoms with Crippen LogP contribution in [0.3, 0.4) is 0 Å². The van der Waals surface area contributed by atoms with Gasteiger partial charge in [-0.25, -0.2) is 5.01 Å². The SMILES string of the molecule is CN(C)NC(=O)CN1CCN(C(=O)c2cc(C(F)(F)F)cc(C(F)(F)F)c2)[C@H](Cc2c[nH]c3ccccc23)C1. The highest BCUT2D eigenvalue weighted by Gasteiger charge is 2.39. The van der Waals surface area contributed by atoms with Crippen LogP contribution in [-0.2, 0) is 23.6 Å². The van der Waals surface area contributed by atoms with E-state index in [4.69, 9.17) is 0 Å². The maximum Gasteiger partial charge on any atom is 0.416 e. The molecule has 7 nitrogen and oxygen atoms in total. The van der Waals surface area contributed by atoms with Crippen LogP contribution in [0.2, 0.25) is 0 Å². The first-order valence-corrected chi connectivity index (χ1v) is 12.1. The number of carbonyl (C=O) groups excluding carboxylic acids is 2. The van der Waals surface area contributed by atoms with Gasteiger partial charge in [-0.2, -0.15) is 26.3 Å². The van der Waals surface area contributed by atoms with E-state index in [1.165, 1.54) is 9.91 Å². The van der Waals surface area contributed by atoms with Gasteiger partial charge in [-0.15, -0.1) is 0 Å². The highest BCUT2D eigenvalue weighted by atomic mass is 19.4. The fraction of sp³-hybridized carbons (Fsp3) is 0.385. The van der Waals surface area contributed by atoms with Crippen molar-refractivity contribution in [1.82, 2.24) is 25.2 Å². The molecule has 1 saturated heterocycles. The number of piperazine rings is 1. The van der Waals surface area contributed by atoms with E-state index in [-0.39, 0.29) is 44.6 Å². The molecule has 2 amide bonds. The molecule has 1 aromatic heterocycles. The van der Waals surface area contributed by atoms with Gasteiger partial charge in [0.1, 0.15) is 0 Å². The number of aromatic amines is 1. The third-order valence-electron chi connectivity index (χ3n) is 6.51. The average Bonchev–Trinajstić information content (AvgIpc) is 3.25. The molecule has 0 unspecified atom stereocenters. The van der Waals surface area contributed by atoms with Crippen molar-refractivity contribution in [2.24, 2.45) is 0 Å². The van der Waals surface area contributed by atoms with Gasteiger partial charge in [0.2, 0.25) is 5.91 Å². The number of alkyl halides is 6. The van der Waals surface area contributed by atoms with Crippen molar-refractivity contribution in [3.8, 4) is 0 Å². The lowest BCUT2D eigenvalue weighted by atomic mass is 9.98. The second-order valence-electron chi connectivity index (χ2n) is 9.68. The fourth-order valence-electron chi connectivity index (χ4n) is 4.79. The van der Waals surface area contributed by atoms with Crippen LogP contribution in [0.15, 0.2) is 48.7 Å². The molecule has 13 heteroatoms. The number of carbonyl (C=O) groups is 2. The maximum absolute atomic E-state index is 13.5. The highest BCUT2D eigenvalue weighted by Crippen LogP contribution is 2.37. The Labute approximate surface area is 220 Å². The Morgan fingerprint density at radius 2 is 1.64 bits per heavy atom. The van der Waals surface area contributed by atoms with E-state index in [2.05, 4.69) is 10.4 Å². The van der Waals surface area contributed by atoms with Gasteiger partial charge in [-0.05, 0) is 36.2 Å². The minimum atomic E-state index is -5.07. The van der Waals surface area contributed by atoms with Crippen molar-refractivity contribution < 1.29 is 35.9 Å². The van der Waals surface area contributed by atoms with Gasteiger partial charge in [0, 0.05) is 62.4 Å². The molecule has 1 aliphatic heterocycles. The van der Waals surface area contributed by atoms with Crippen LogP contribution in [0, 0.1) is 0 Å². The molecule has 0 bridgehead atoms. The molecule has 3 aromatic rings. The number of hydrogen-bond donors (Lipinski definition) is 2. The maximum atomic E-state index is 13.5. The van der Waals surface area contributed by atoms with Crippen LogP contribution in [0.5, 0.6) is 0 Å². The van der Waals surface area contributed by atoms with Gasteiger partial charge in [0.05, 0.1) is 17.7 Å². The van der Waals surface area contributed by atoms with E-state index in [0.29, 0.717) is 12.1 Å². The van der Waals surface area contributed by atoms with E-state index in [0.717, 1.165) is 16.5 Å². The molecule has 2 N–H and O–H groups in total. The number of nitrogens with zero attached hydrogens (tertiary/aromatic N) is 3. The zero-order valence-electron chi connectivity index (χ0n) is 21.2. The number of hydrogen-bond acceptors (Lipinski definition) is 4. The zero-order valence-corrected chi connectivity index (χ0v) is 21.2. The number of amides is 2. The molecule has 0 aliphatic carbocycles. The van der Waals surface area contributed by atoms with E-state index in [1.807, 2.05) is 24.3 Å². The van der Waals surface area contributed by atoms with E-state index in [1.54, 1.807) is 25.2 Å². The summed E-state index contributed by atoms with van der Waals surface area (Å²) in [5.41, 5.74) is 0.509. The number of aromatic nitrogens is 1. The fourth-order valence-corrected chi connectivity index (χ4v) is 4.79. The van der Waals surface area contributed by atoms with Crippen molar-refractivity contribution in [1.29, 1.82) is 0 Å². The van der Waals surface area contributed by atoms with Crippen LogP contribution < -0.4 is 5.43 Å². The van der Waals surface area contributed by atoms with E-state index < -0.39 is 41.0 Å². The molecule has 0 spiro atoms. The topological polar surface area (TPSA) is 71.7 Å². The predicted octanol–water partition coefficient (Wildman–Crippen LogP) is 4.17. The molecule has 1 atom stereocenters. The summed E-state index contributed by atoms with van der Waals surface area (Å²) >= 11 is 0. The van der Waals surface area contributed by atoms with E-state index >= 15 is 0 Å². The third kappa shape index (κ3) is 6.71. The van der Waals surface area contributed by atoms with Gasteiger partial charge in [-0.1, -0.05) is 18.2 Å². The largest absolute Gasteiger partial charge is 0.416 e. The van der Waals surface area contributed by atoms with Gasteiger partial charge in [0.15, 0.2) is 0 Å². The Balaban J connectivity index is 1.67. The lowest BCUT2D eigenvalue weighted by Gasteiger charge is -2.41. The molecular formula is C26H27F6N5O2. The van der Waals surface area contributed by atoms with Crippen LogP contribution in [0.1, 0.15) is 27.0 Å². The second kappa shape index (κ2) is 10.9. The Morgan fingerprint density at radius 1 is 1.00 bits per heavy atom. The Morgan fingerprint density at radius 3 is 2.26 bits per heavy atom. The summed E-state index contributed by atoms with van der Waals surface area (Å²) in [5.74, 6) is -1.23. The number of para-hydroxylation sites is 1. The number of rotatable bonds is 6. The molecule has 2 heterocycles. The minimum absolute atomic E-state index is 0.00149. The Kier molecular flexibility index (Phi) is 7.94. The smallest absolute Gasteiger partial charge is 0.361 e. The number of H-pyrrole nitrogens is 1. The van der Waals surface area contributed by atoms with Crippen molar-refractivity contribution in [3.05, 3.63) is 70.9 Å². The number of hydrazine groups is 1. The third-order valence-corrected chi connectivity index (χ3v) is 6.51. The zero-order chi connectivity index (χ0) is 28.5. The van der Waals surface area contributed by atoms with Gasteiger partial charge in [-0.3, -0.25) is 19.9 Å². The Hall–Kier alpha value is -3.58. The summed E-state index contributed by atoms with van der Waals surface area (Å²) in [6.07, 6.45) is -8.11. The first-order chi connectivity index (χ1) is 18.2. The molecule has 39 heavy (non-hydrogen) atoms. The molecule has 210 valence electrons. The lowest BCUT2D eigenvalue weighted by Crippen LogP contribution is -2.57. The van der Waals surface area contributed by atoms with Crippen molar-refractivity contribution in [2.45, 2.75) is 24.8 Å². The summed E-state index contributed by atoms with van der Waals surface area (Å²) in [5, 5.41) is 2.36. The van der Waals surface area contributed by atoms with Gasteiger partial charge in [0.25, 0.3) is 5.91 Å². The predicted molar refractivity (Wildman–Crippen MR) is 132 cm³/mol. The van der Waals surface area contributed by atoms with Crippen LogP contribution in [-0.4, -0.2) is 77.9 Å². The molecule has 1 fully saturated rings. The summed E-state index contributed by atoms with van der Waals surface area (Å²) in [6, 6.07) is 7.71. The summed E-state index contributed by atoms with van der Waals surface area (Å²) < 4.78 is 80.6. The standard InChI is InChI=1S/C26H27F6N5O2/c1-35(2)34-23(38)15-36-7-8-37(20(14-36)11-17-13-33-22-6-4-3-5-21(17)22)24(39)16-9-18(25(27,28)29)12-19(10-16)26(30,31)32/h3-6,9-10,12-13,20,33H,7-8,11,14-15H2,1-2H3,(H,34,38)/t20-/m1/s1. The van der Waals surface area contributed by atoms with Gasteiger partial charge < -0.3 is 9.88 Å². The first-order valence-electron chi connectivity index (χ1n) is 12.1. The van der Waals surface area contributed by atoms with Crippen molar-refractivity contribution in [3.63, 3.8) is 0 Å². The Bertz CT molecular complexity index is 1320. The molecule has 4 rings (SSSR count). The molecule has 1 aliphatic rings. The van der Waals surface area contributed by atoms with E-state index in [9.17, 15) is 35.9 Å². The quantitative estimate of drug-likeness (QED) is 0.354. The summed E-state index contributed by atoms with van der Waals surface area (Å²) in [6.45, 7) is 0.421. The minimum Gasteiger partial charge on any atom is -0.361 e. The second-order valence-corrected chi connectivity index (χ2v) is 9.68. The molecule has 0 saturated carbocycles. The molecular weight excluding hydrogens is 528 g/mol. The number of benzene rings is 2. The normalized spacial score (nSPS) is 17.2. The molecule has 2 aromatic carbocycles. The van der Waals surface area contributed by atoms with Crippen LogP contribution in [0.4, 0.5) is 26.3 Å². The van der Waals surface area contributed by atoms with Crippen LogP contribution in [0.25, 0.3) is 10.9 Å².